The first kappa shape index (κ1) is 35.3. The number of hydrogen-bond acceptors (Lipinski definition) is 3. The molecule has 0 radical (unpaired) electrons. The monoisotopic (exact) mass is 783 g/mol. The van der Waals surface area contributed by atoms with E-state index in [1.165, 1.54) is 12.1 Å². The molecule has 3 heterocycles. The predicted octanol–water partition coefficient (Wildman–Crippen LogP) is 13.8. The Morgan fingerprint density at radius 2 is 0.833 bits per heavy atom. The third-order valence-corrected chi connectivity index (χ3v) is 11.2. The van der Waals surface area contributed by atoms with Gasteiger partial charge in [-0.2, -0.15) is 13.2 Å². The first-order valence-electron chi connectivity index (χ1n) is 19.6. The number of nitrogens with zero attached hydrogens (tertiary/aromatic N) is 5. The molecule has 3 aromatic heterocycles. The molecule has 286 valence electrons. The second-order valence-corrected chi connectivity index (χ2v) is 14.8. The van der Waals surface area contributed by atoms with Crippen LogP contribution in [0.25, 0.3) is 100 Å². The summed E-state index contributed by atoms with van der Waals surface area (Å²) in [5.74, 6) is 1.43. The van der Waals surface area contributed by atoms with E-state index in [1.807, 2.05) is 91.0 Å². The maximum absolute atomic E-state index is 14.1. The Kier molecular flexibility index (Phi) is 8.20. The van der Waals surface area contributed by atoms with Crippen LogP contribution in [0.3, 0.4) is 0 Å². The van der Waals surface area contributed by atoms with Gasteiger partial charge in [-0.3, -0.25) is 0 Å². The van der Waals surface area contributed by atoms with E-state index in [2.05, 4.69) is 88.0 Å². The van der Waals surface area contributed by atoms with Crippen LogP contribution in [0.4, 0.5) is 13.2 Å². The zero-order valence-corrected chi connectivity index (χ0v) is 31.8. The van der Waals surface area contributed by atoms with Crippen molar-refractivity contribution < 1.29 is 13.2 Å². The molecule has 0 spiro atoms. The van der Waals surface area contributed by atoms with Crippen molar-refractivity contribution in [2.45, 2.75) is 6.18 Å². The van der Waals surface area contributed by atoms with E-state index in [1.54, 1.807) is 6.07 Å². The lowest BCUT2D eigenvalue weighted by molar-refractivity contribution is -0.137. The Balaban J connectivity index is 1.23. The van der Waals surface area contributed by atoms with Gasteiger partial charge in [0.25, 0.3) is 0 Å². The number of halogens is 3. The van der Waals surface area contributed by atoms with Crippen molar-refractivity contribution in [1.29, 1.82) is 0 Å². The van der Waals surface area contributed by atoms with Crippen LogP contribution in [0.1, 0.15) is 5.56 Å². The molecule has 0 aliphatic rings. The van der Waals surface area contributed by atoms with Crippen molar-refractivity contribution in [2.24, 2.45) is 0 Å². The highest BCUT2D eigenvalue weighted by Crippen LogP contribution is 2.41. The van der Waals surface area contributed by atoms with E-state index in [-0.39, 0.29) is 0 Å². The van der Waals surface area contributed by atoms with E-state index in [0.717, 1.165) is 66.5 Å². The van der Waals surface area contributed by atoms with Crippen LogP contribution < -0.4 is 0 Å². The molecule has 11 rings (SSSR count). The van der Waals surface area contributed by atoms with Gasteiger partial charge in [0.2, 0.25) is 0 Å². The summed E-state index contributed by atoms with van der Waals surface area (Å²) in [5.41, 5.74) is 8.37. The van der Waals surface area contributed by atoms with Crippen LogP contribution in [0.5, 0.6) is 0 Å². The molecule has 0 aliphatic carbocycles. The molecule has 0 amide bonds. The van der Waals surface area contributed by atoms with E-state index < -0.39 is 11.7 Å². The first-order valence-corrected chi connectivity index (χ1v) is 19.6. The van der Waals surface area contributed by atoms with E-state index in [0.29, 0.717) is 39.9 Å². The summed E-state index contributed by atoms with van der Waals surface area (Å²) >= 11 is 0. The molecule has 0 unspecified atom stereocenters. The molecule has 11 aromatic rings. The van der Waals surface area contributed by atoms with Crippen molar-refractivity contribution >= 4 is 43.6 Å². The highest BCUT2D eigenvalue weighted by atomic mass is 19.4. The van der Waals surface area contributed by atoms with Crippen LogP contribution in [-0.2, 0) is 6.18 Å². The number of para-hydroxylation sites is 3. The molecule has 0 N–H and O–H groups in total. The fourth-order valence-electron chi connectivity index (χ4n) is 8.45. The third kappa shape index (κ3) is 5.91. The van der Waals surface area contributed by atoms with Gasteiger partial charge in [0.1, 0.15) is 0 Å². The zero-order chi connectivity index (χ0) is 40.4. The molecule has 5 nitrogen and oxygen atoms in total. The Labute approximate surface area is 342 Å². The van der Waals surface area contributed by atoms with Crippen molar-refractivity contribution in [3.63, 3.8) is 0 Å². The van der Waals surface area contributed by atoms with Crippen LogP contribution >= 0.6 is 0 Å². The Bertz CT molecular complexity index is 3310. The zero-order valence-electron chi connectivity index (χ0n) is 31.8. The van der Waals surface area contributed by atoms with Gasteiger partial charge in [0.05, 0.1) is 33.3 Å². The summed E-state index contributed by atoms with van der Waals surface area (Å²) in [6.45, 7) is 0. The van der Waals surface area contributed by atoms with Crippen LogP contribution in [0.15, 0.2) is 194 Å². The predicted molar refractivity (Wildman–Crippen MR) is 235 cm³/mol. The summed E-state index contributed by atoms with van der Waals surface area (Å²) in [7, 11) is 0. The average molecular weight is 784 g/mol. The topological polar surface area (TPSA) is 48.5 Å². The molecule has 0 aliphatic heterocycles. The molecular weight excluding hydrogens is 752 g/mol. The fourth-order valence-corrected chi connectivity index (χ4v) is 8.45. The SMILES string of the molecule is FC(F)(F)c1cccc(-c2ccc(-c3nc(-c4ccccc4)nc(-c4ccccc4)n3)c(-n3c4ccccc4c4ccc(-n5c6ccccc6c6ccccc65)cc43)c2)c1. The lowest BCUT2D eigenvalue weighted by Crippen LogP contribution is -2.05. The number of alkyl halides is 3. The van der Waals surface area contributed by atoms with Crippen LogP contribution in [-0.4, -0.2) is 24.1 Å². The highest BCUT2D eigenvalue weighted by Gasteiger charge is 2.30. The minimum absolute atomic E-state index is 0.429. The molecule has 8 aromatic carbocycles. The Hall–Kier alpha value is -7.84. The Morgan fingerprint density at radius 1 is 0.350 bits per heavy atom. The smallest absolute Gasteiger partial charge is 0.309 e. The van der Waals surface area contributed by atoms with E-state index in [9.17, 15) is 13.2 Å². The molecule has 8 heteroatoms. The van der Waals surface area contributed by atoms with Gasteiger partial charge in [-0.15, -0.1) is 0 Å². The highest BCUT2D eigenvalue weighted by molar-refractivity contribution is 6.12. The van der Waals surface area contributed by atoms with Gasteiger partial charge in [-0.05, 0) is 65.7 Å². The second kappa shape index (κ2) is 13.9. The van der Waals surface area contributed by atoms with Gasteiger partial charge < -0.3 is 9.13 Å². The number of aromatic nitrogens is 5. The van der Waals surface area contributed by atoms with Crippen molar-refractivity contribution in [3.8, 4) is 56.7 Å². The Morgan fingerprint density at radius 3 is 1.42 bits per heavy atom. The lowest BCUT2D eigenvalue weighted by Gasteiger charge is -2.17. The van der Waals surface area contributed by atoms with Gasteiger partial charge in [0.15, 0.2) is 17.5 Å². The maximum atomic E-state index is 14.1. The fraction of sp³-hybridized carbons (Fsp3) is 0.0192. The number of benzene rings is 8. The minimum Gasteiger partial charge on any atom is -0.309 e. The number of fused-ring (bicyclic) bond motifs is 6. The minimum atomic E-state index is -4.50. The third-order valence-electron chi connectivity index (χ3n) is 11.2. The molecule has 0 bridgehead atoms. The summed E-state index contributed by atoms with van der Waals surface area (Å²) in [4.78, 5) is 15.2. The van der Waals surface area contributed by atoms with Gasteiger partial charge in [-0.1, -0.05) is 140 Å². The normalized spacial score (nSPS) is 11.9. The van der Waals surface area contributed by atoms with Gasteiger partial charge >= 0.3 is 6.18 Å². The van der Waals surface area contributed by atoms with Crippen molar-refractivity contribution in [1.82, 2.24) is 24.1 Å². The summed E-state index contributed by atoms with van der Waals surface area (Å²) in [6, 6.07) is 62.3. The van der Waals surface area contributed by atoms with Crippen LogP contribution in [0.2, 0.25) is 0 Å². The maximum Gasteiger partial charge on any atom is 0.416 e. The molecule has 0 saturated heterocycles. The lowest BCUT2D eigenvalue weighted by atomic mass is 9.99. The molecule has 60 heavy (non-hydrogen) atoms. The molecular formula is C52H32F3N5. The number of rotatable bonds is 6. The summed E-state index contributed by atoms with van der Waals surface area (Å²) in [6.07, 6.45) is -4.50. The van der Waals surface area contributed by atoms with Crippen molar-refractivity contribution in [3.05, 3.63) is 200 Å². The quantitative estimate of drug-likeness (QED) is 0.169. The average Bonchev–Trinajstić information content (AvgIpc) is 3.81. The summed E-state index contributed by atoms with van der Waals surface area (Å²) in [5, 5.41) is 4.37. The van der Waals surface area contributed by atoms with E-state index in [4.69, 9.17) is 15.0 Å². The second-order valence-electron chi connectivity index (χ2n) is 14.8. The largest absolute Gasteiger partial charge is 0.416 e. The summed E-state index contributed by atoms with van der Waals surface area (Å²) < 4.78 is 46.8. The first-order chi connectivity index (χ1) is 29.4. The molecule has 0 saturated carbocycles. The molecule has 0 atom stereocenters. The van der Waals surface area contributed by atoms with Gasteiger partial charge in [0, 0.05) is 43.9 Å². The standard InChI is InChI=1S/C52H32F3N5/c53-52(54,55)37-19-13-18-35(30-37)36-26-28-43(51-57-49(33-14-3-1-4-15-33)56-50(58-51)34-16-5-2-6-17-34)47(31-36)60-46-25-12-9-22-41(46)42-29-27-38(32-48(42)60)59-44-23-10-7-20-39(44)40-21-8-11-24-45(40)59/h1-32H. The molecule has 0 fully saturated rings. The van der Waals surface area contributed by atoms with Crippen molar-refractivity contribution in [2.75, 3.05) is 0 Å². The van der Waals surface area contributed by atoms with E-state index >= 15 is 0 Å². The number of hydrogen-bond donors (Lipinski definition) is 0. The van der Waals surface area contributed by atoms with Gasteiger partial charge in [-0.25, -0.2) is 15.0 Å². The van der Waals surface area contributed by atoms with Crippen LogP contribution in [0, 0.1) is 0 Å².